The van der Waals surface area contributed by atoms with Crippen molar-refractivity contribution >= 4 is 42.0 Å². The van der Waals surface area contributed by atoms with Crippen molar-refractivity contribution in [2.45, 2.75) is 78.3 Å². The third-order valence-corrected chi connectivity index (χ3v) is 8.74. The molecule has 56 heavy (non-hydrogen) atoms. The van der Waals surface area contributed by atoms with Crippen molar-refractivity contribution in [2.24, 2.45) is 5.92 Å². The highest BCUT2D eigenvalue weighted by atomic mass is 16.7. The van der Waals surface area contributed by atoms with Crippen LogP contribution < -0.4 is 25.4 Å². The number of methoxy groups -OCH3 is 1. The van der Waals surface area contributed by atoms with Crippen LogP contribution in [0.15, 0.2) is 52.9 Å². The lowest BCUT2D eigenvalue weighted by molar-refractivity contribution is -0.171. The molecule has 3 rings (SSSR count). The van der Waals surface area contributed by atoms with E-state index in [2.05, 4.69) is 16.0 Å². The first kappa shape index (κ1) is 44.0. The number of furan rings is 1. The SMILES string of the molecule is CCCCCC(C(=O)NCNC(=O)c1ccc(-c2ccc(C(=O)NC(CC(=O)O)C(=O)O)c(OCC)c2)o1)[C@@H](CC)N(C=O)OC(=O)c1ccc(OC)cc1C. The summed E-state index contributed by atoms with van der Waals surface area (Å²) >= 11 is 0. The fourth-order valence-electron chi connectivity index (χ4n) is 5.85. The van der Waals surface area contributed by atoms with Crippen molar-refractivity contribution in [3.05, 3.63) is 71.0 Å². The van der Waals surface area contributed by atoms with Gasteiger partial charge in [0.05, 0.1) is 49.9 Å². The molecule has 2 unspecified atom stereocenters. The van der Waals surface area contributed by atoms with Gasteiger partial charge in [0.25, 0.3) is 11.8 Å². The van der Waals surface area contributed by atoms with E-state index in [1.807, 2.05) is 6.92 Å². The molecule has 17 nitrogen and oxygen atoms in total. The maximum Gasteiger partial charge on any atom is 0.363 e. The van der Waals surface area contributed by atoms with Crippen molar-refractivity contribution in [3.63, 3.8) is 0 Å². The molecule has 0 aliphatic heterocycles. The first-order valence-electron chi connectivity index (χ1n) is 18.1. The number of nitrogens with one attached hydrogen (secondary N) is 3. The van der Waals surface area contributed by atoms with E-state index < -0.39 is 60.1 Å². The summed E-state index contributed by atoms with van der Waals surface area (Å²) in [6.07, 6.45) is 2.57. The van der Waals surface area contributed by atoms with Crippen LogP contribution >= 0.6 is 0 Å². The minimum absolute atomic E-state index is 0.0485. The third-order valence-electron chi connectivity index (χ3n) is 8.74. The molecule has 0 radical (unpaired) electrons. The van der Waals surface area contributed by atoms with Gasteiger partial charge in [-0.15, -0.1) is 0 Å². The highest BCUT2D eigenvalue weighted by Crippen LogP contribution is 2.30. The largest absolute Gasteiger partial charge is 0.497 e. The number of carbonyl (C=O) groups excluding carboxylic acids is 5. The van der Waals surface area contributed by atoms with Crippen LogP contribution in [0.3, 0.4) is 0 Å². The van der Waals surface area contributed by atoms with Crippen molar-refractivity contribution in [1.82, 2.24) is 21.0 Å². The number of hydrogen-bond acceptors (Lipinski definition) is 11. The van der Waals surface area contributed by atoms with E-state index in [1.54, 1.807) is 32.9 Å². The minimum Gasteiger partial charge on any atom is -0.497 e. The Morgan fingerprint density at radius 2 is 1.64 bits per heavy atom. The first-order chi connectivity index (χ1) is 26.8. The normalized spacial score (nSPS) is 12.3. The average molecular weight is 781 g/mol. The summed E-state index contributed by atoms with van der Waals surface area (Å²) in [6.45, 7) is 6.99. The minimum atomic E-state index is -1.67. The molecule has 3 atom stereocenters. The fourth-order valence-corrected chi connectivity index (χ4v) is 5.85. The molecule has 0 saturated heterocycles. The second-order valence-electron chi connectivity index (χ2n) is 12.6. The third kappa shape index (κ3) is 12.1. The summed E-state index contributed by atoms with van der Waals surface area (Å²) < 4.78 is 16.5. The lowest BCUT2D eigenvalue weighted by Gasteiger charge is -2.32. The monoisotopic (exact) mass is 780 g/mol. The van der Waals surface area contributed by atoms with Gasteiger partial charge in [0, 0.05) is 5.56 Å². The number of ether oxygens (including phenoxy) is 2. The van der Waals surface area contributed by atoms with Gasteiger partial charge in [0.2, 0.25) is 12.3 Å². The Kier molecular flexibility index (Phi) is 16.9. The second-order valence-corrected chi connectivity index (χ2v) is 12.6. The highest BCUT2D eigenvalue weighted by molar-refractivity contribution is 6.00. The molecule has 0 fully saturated rings. The summed E-state index contributed by atoms with van der Waals surface area (Å²) in [5.74, 6) is -5.76. The lowest BCUT2D eigenvalue weighted by Crippen LogP contribution is -2.49. The van der Waals surface area contributed by atoms with Gasteiger partial charge in [-0.3, -0.25) is 24.0 Å². The van der Waals surface area contributed by atoms with Crippen LogP contribution in [0.1, 0.15) is 96.1 Å². The van der Waals surface area contributed by atoms with Crippen LogP contribution in [-0.2, 0) is 24.0 Å². The van der Waals surface area contributed by atoms with E-state index in [9.17, 15) is 38.7 Å². The highest BCUT2D eigenvalue weighted by Gasteiger charge is 2.34. The van der Waals surface area contributed by atoms with E-state index in [4.69, 9.17) is 23.8 Å². The first-order valence-corrected chi connectivity index (χ1v) is 18.1. The van der Waals surface area contributed by atoms with Crippen molar-refractivity contribution < 1.29 is 62.5 Å². The Hall–Kier alpha value is -6.39. The maximum atomic E-state index is 13.6. The number of carboxylic acids is 2. The molecule has 5 N–H and O–H groups in total. The molecule has 3 aromatic rings. The molecule has 4 amide bonds. The Morgan fingerprint density at radius 1 is 0.911 bits per heavy atom. The van der Waals surface area contributed by atoms with Gasteiger partial charge in [-0.1, -0.05) is 39.2 Å². The van der Waals surface area contributed by atoms with Crippen LogP contribution in [-0.4, -0.2) is 89.8 Å². The second kappa shape index (κ2) is 21.5. The van der Waals surface area contributed by atoms with E-state index >= 15 is 0 Å². The average Bonchev–Trinajstić information content (AvgIpc) is 3.67. The van der Waals surface area contributed by atoms with E-state index in [1.165, 1.54) is 43.5 Å². The molecule has 0 aliphatic carbocycles. The molecule has 17 heteroatoms. The zero-order valence-corrected chi connectivity index (χ0v) is 31.9. The number of aryl methyl sites for hydroxylation is 1. The van der Waals surface area contributed by atoms with Gasteiger partial charge in [0.1, 0.15) is 23.3 Å². The number of benzene rings is 2. The molecular weight excluding hydrogens is 732 g/mol. The van der Waals surface area contributed by atoms with Gasteiger partial charge >= 0.3 is 17.9 Å². The Balaban J connectivity index is 1.70. The van der Waals surface area contributed by atoms with Crippen molar-refractivity contribution in [3.8, 4) is 22.8 Å². The summed E-state index contributed by atoms with van der Waals surface area (Å²) in [5.41, 5.74) is 1.16. The molecule has 2 aromatic carbocycles. The van der Waals surface area contributed by atoms with Gasteiger partial charge in [-0.2, -0.15) is 5.06 Å². The Morgan fingerprint density at radius 3 is 2.25 bits per heavy atom. The quantitative estimate of drug-likeness (QED) is 0.0390. The van der Waals surface area contributed by atoms with Crippen molar-refractivity contribution in [1.29, 1.82) is 0 Å². The molecule has 0 saturated carbocycles. The molecular formula is C39H48N4O13. The van der Waals surface area contributed by atoms with E-state index in [0.29, 0.717) is 36.1 Å². The fraction of sp³-hybridized carbons (Fsp3) is 0.410. The molecule has 0 aliphatic rings. The summed E-state index contributed by atoms with van der Waals surface area (Å²) in [7, 11) is 1.50. The molecule has 1 heterocycles. The molecule has 1 aromatic heterocycles. The standard InChI is InChI=1S/C39H48N4O13/c1-6-9-10-11-27(30(7-2)43(22-44)56-39(52)26-15-13-25(53-5)18-23(26)4)35(47)40-21-41-37(49)32-17-16-31(55-32)24-12-14-28(33(19-24)54-8-3)36(48)42-29(38(50)51)20-34(45)46/h12-19,22,27,29-30H,6-11,20-21H2,1-5H3,(H,40,47)(H,41,49)(H,42,48)(H,45,46)(H,50,51)/t27?,29?,30-/m1/s1. The zero-order valence-electron chi connectivity index (χ0n) is 31.9. The Bertz CT molecular complexity index is 1870. The number of unbranched alkanes of at least 4 members (excludes halogenated alkanes) is 2. The van der Waals surface area contributed by atoms with E-state index in [-0.39, 0.29) is 48.1 Å². The van der Waals surface area contributed by atoms with Gasteiger partial charge in [0.15, 0.2) is 5.76 Å². The summed E-state index contributed by atoms with van der Waals surface area (Å²) in [5, 5.41) is 26.6. The summed E-state index contributed by atoms with van der Waals surface area (Å²) in [4.78, 5) is 92.8. The number of rotatable bonds is 23. The van der Waals surface area contributed by atoms with Crippen LogP contribution in [0, 0.1) is 12.8 Å². The molecule has 0 spiro atoms. The van der Waals surface area contributed by atoms with Gasteiger partial charge in [-0.05, 0) is 74.7 Å². The van der Waals surface area contributed by atoms with Crippen molar-refractivity contribution in [2.75, 3.05) is 20.4 Å². The van der Waals surface area contributed by atoms with Crippen LogP contribution in [0.2, 0.25) is 0 Å². The number of hydrogen-bond donors (Lipinski definition) is 5. The number of amides is 4. The van der Waals surface area contributed by atoms with Gasteiger partial charge in [-0.25, -0.2) is 9.59 Å². The number of aliphatic carboxylic acids is 2. The summed E-state index contributed by atoms with van der Waals surface area (Å²) in [6, 6.07) is 9.48. The smallest absolute Gasteiger partial charge is 0.363 e. The van der Waals surface area contributed by atoms with Crippen LogP contribution in [0.25, 0.3) is 11.3 Å². The Labute approximate surface area is 323 Å². The topological polar surface area (TPSA) is 240 Å². The number of nitrogens with zero attached hydrogens (tertiary/aromatic N) is 1. The molecule has 302 valence electrons. The zero-order chi connectivity index (χ0) is 41.4. The maximum absolute atomic E-state index is 13.6. The molecule has 0 bridgehead atoms. The number of carboxylic acid groups (broad SMARTS) is 2. The lowest BCUT2D eigenvalue weighted by atomic mass is 9.90. The van der Waals surface area contributed by atoms with Gasteiger partial charge < -0.3 is 44.9 Å². The van der Waals surface area contributed by atoms with Crippen LogP contribution in [0.5, 0.6) is 11.5 Å². The van der Waals surface area contributed by atoms with Crippen LogP contribution in [0.4, 0.5) is 0 Å². The number of carbonyl (C=O) groups is 7. The predicted molar refractivity (Wildman–Crippen MR) is 200 cm³/mol. The predicted octanol–water partition coefficient (Wildman–Crippen LogP) is 4.33. The number of hydroxylamine groups is 2. The van der Waals surface area contributed by atoms with E-state index in [0.717, 1.165) is 17.9 Å².